The van der Waals surface area contributed by atoms with Gasteiger partial charge < -0.3 is 10.1 Å². The number of hydrogen-bond donors (Lipinski definition) is 2. The molecular weight excluding hydrogens is 286 g/mol. The lowest BCUT2D eigenvalue weighted by molar-refractivity contribution is 0.458. The van der Waals surface area contributed by atoms with Crippen LogP contribution in [0.2, 0.25) is 0 Å². The van der Waals surface area contributed by atoms with Crippen LogP contribution in [0.25, 0.3) is 10.9 Å². The highest BCUT2D eigenvalue weighted by Gasteiger charge is 2.03. The van der Waals surface area contributed by atoms with Gasteiger partial charge in [-0.15, -0.1) is 0 Å². The molecule has 1 heterocycles. The maximum atomic E-state index is 9.18. The Bertz CT molecular complexity index is 436. The van der Waals surface area contributed by atoms with Gasteiger partial charge in [0, 0.05) is 20.4 Å². The van der Waals surface area contributed by atoms with E-state index in [1.165, 1.54) is 0 Å². The smallest absolute Gasteiger partial charge is 0.189 e. The molecule has 0 saturated heterocycles. The molecule has 0 amide bonds. The number of aromatic amines is 1. The summed E-state index contributed by atoms with van der Waals surface area (Å²) < 4.78 is 1.92. The summed E-state index contributed by atoms with van der Waals surface area (Å²) in [5.74, 6) is 0.184. The van der Waals surface area contributed by atoms with Crippen LogP contribution >= 0.6 is 31.9 Å². The van der Waals surface area contributed by atoms with Crippen LogP contribution in [0.4, 0.5) is 0 Å². The zero-order valence-electron chi connectivity index (χ0n) is 5.94. The Kier molecular flexibility index (Phi) is 1.88. The summed E-state index contributed by atoms with van der Waals surface area (Å²) in [6.45, 7) is 0. The van der Waals surface area contributed by atoms with Crippen LogP contribution < -0.4 is 0 Å². The second kappa shape index (κ2) is 2.78. The average molecular weight is 291 g/mol. The molecule has 0 radical (unpaired) electrons. The maximum absolute atomic E-state index is 9.18. The molecular formula is C8H5Br2NO. The number of H-pyrrole nitrogens is 1. The predicted molar refractivity (Wildman–Crippen MR) is 55.4 cm³/mol. The van der Waals surface area contributed by atoms with Crippen LogP contribution in [0.1, 0.15) is 0 Å². The van der Waals surface area contributed by atoms with E-state index < -0.39 is 0 Å². The van der Waals surface area contributed by atoms with Crippen molar-refractivity contribution in [1.82, 2.24) is 4.98 Å². The fraction of sp³-hybridized carbons (Fsp3) is 0. The van der Waals surface area contributed by atoms with E-state index in [9.17, 15) is 5.11 Å². The van der Waals surface area contributed by atoms with E-state index in [1.54, 1.807) is 6.07 Å². The van der Waals surface area contributed by atoms with Crippen LogP contribution in [-0.4, -0.2) is 10.1 Å². The molecule has 0 aliphatic rings. The Balaban J connectivity index is 2.88. The Morgan fingerprint density at radius 3 is 2.67 bits per heavy atom. The van der Waals surface area contributed by atoms with Gasteiger partial charge in [-0.3, -0.25) is 0 Å². The Morgan fingerprint density at radius 1 is 1.17 bits per heavy atom. The molecule has 4 heteroatoms. The number of halogens is 2. The second-order valence-electron chi connectivity index (χ2n) is 2.51. The number of hydrogen-bond acceptors (Lipinski definition) is 1. The van der Waals surface area contributed by atoms with Gasteiger partial charge in [-0.1, -0.05) is 15.9 Å². The molecule has 62 valence electrons. The van der Waals surface area contributed by atoms with Crippen molar-refractivity contribution in [2.75, 3.05) is 0 Å². The van der Waals surface area contributed by atoms with Crippen molar-refractivity contribution < 1.29 is 5.11 Å². The van der Waals surface area contributed by atoms with E-state index in [2.05, 4.69) is 36.8 Å². The molecule has 12 heavy (non-hydrogen) atoms. The number of rotatable bonds is 0. The van der Waals surface area contributed by atoms with Gasteiger partial charge in [0.2, 0.25) is 0 Å². The highest BCUT2D eigenvalue weighted by molar-refractivity contribution is 9.11. The zero-order chi connectivity index (χ0) is 8.72. The number of benzene rings is 1. The van der Waals surface area contributed by atoms with E-state index in [4.69, 9.17) is 0 Å². The summed E-state index contributed by atoms with van der Waals surface area (Å²) in [6.07, 6.45) is 0. The maximum Gasteiger partial charge on any atom is 0.189 e. The van der Waals surface area contributed by atoms with E-state index in [0.717, 1.165) is 19.8 Å². The fourth-order valence-corrected chi connectivity index (χ4v) is 2.51. The van der Waals surface area contributed by atoms with Crippen LogP contribution in [-0.2, 0) is 0 Å². The summed E-state index contributed by atoms with van der Waals surface area (Å²) in [6, 6.07) is 5.56. The fourth-order valence-electron chi connectivity index (χ4n) is 1.15. The summed E-state index contributed by atoms with van der Waals surface area (Å²) in [4.78, 5) is 2.84. The number of aromatic hydroxyl groups is 1. The van der Waals surface area contributed by atoms with Gasteiger partial charge in [0.1, 0.15) is 0 Å². The summed E-state index contributed by atoms with van der Waals surface area (Å²) in [7, 11) is 0. The van der Waals surface area contributed by atoms with Gasteiger partial charge in [0.25, 0.3) is 0 Å². The number of nitrogens with one attached hydrogen (secondary N) is 1. The molecule has 0 fully saturated rings. The molecule has 1 aromatic heterocycles. The van der Waals surface area contributed by atoms with Crippen LogP contribution in [0.3, 0.4) is 0 Å². The van der Waals surface area contributed by atoms with E-state index in [1.807, 2.05) is 12.1 Å². The van der Waals surface area contributed by atoms with E-state index in [0.29, 0.717) is 0 Å². The lowest BCUT2D eigenvalue weighted by Gasteiger charge is -1.94. The summed E-state index contributed by atoms with van der Waals surface area (Å²) >= 11 is 6.76. The first-order chi connectivity index (χ1) is 5.66. The standard InChI is InChI=1S/C8H5Br2NO/c9-5-1-4-2-7(12)11-8(4)6(10)3-5/h1-3,11-12H. The molecule has 0 spiro atoms. The molecule has 0 bridgehead atoms. The number of fused-ring (bicyclic) bond motifs is 1. The Hall–Kier alpha value is -0.480. The van der Waals surface area contributed by atoms with Gasteiger partial charge in [0.05, 0.1) is 5.52 Å². The van der Waals surface area contributed by atoms with E-state index in [-0.39, 0.29) is 5.88 Å². The van der Waals surface area contributed by atoms with Crippen molar-refractivity contribution >= 4 is 42.8 Å². The van der Waals surface area contributed by atoms with Gasteiger partial charge in [-0.25, -0.2) is 0 Å². The third-order valence-electron chi connectivity index (χ3n) is 1.63. The highest BCUT2D eigenvalue weighted by Crippen LogP contribution is 2.30. The normalized spacial score (nSPS) is 10.8. The molecule has 2 rings (SSSR count). The SMILES string of the molecule is Oc1cc2cc(Br)cc(Br)c2[nH]1. The van der Waals surface area contributed by atoms with Crippen molar-refractivity contribution in [2.24, 2.45) is 0 Å². The Morgan fingerprint density at radius 2 is 1.92 bits per heavy atom. The molecule has 2 aromatic rings. The van der Waals surface area contributed by atoms with Crippen molar-refractivity contribution in [1.29, 1.82) is 0 Å². The molecule has 0 saturated carbocycles. The quantitative estimate of drug-likeness (QED) is 0.766. The highest BCUT2D eigenvalue weighted by atomic mass is 79.9. The molecule has 0 unspecified atom stereocenters. The first kappa shape index (κ1) is 8.13. The second-order valence-corrected chi connectivity index (χ2v) is 4.28. The zero-order valence-corrected chi connectivity index (χ0v) is 9.11. The lowest BCUT2D eigenvalue weighted by Crippen LogP contribution is -1.71. The molecule has 0 aliphatic heterocycles. The van der Waals surface area contributed by atoms with Gasteiger partial charge >= 0.3 is 0 Å². The molecule has 0 atom stereocenters. The monoisotopic (exact) mass is 289 g/mol. The third-order valence-corrected chi connectivity index (χ3v) is 2.71. The minimum absolute atomic E-state index is 0.184. The Labute approximate surface area is 85.9 Å². The third kappa shape index (κ3) is 1.25. The minimum Gasteiger partial charge on any atom is -0.495 e. The molecule has 2 nitrogen and oxygen atoms in total. The van der Waals surface area contributed by atoms with Crippen molar-refractivity contribution in [3.63, 3.8) is 0 Å². The van der Waals surface area contributed by atoms with Crippen LogP contribution in [0.5, 0.6) is 5.88 Å². The molecule has 0 aliphatic carbocycles. The topological polar surface area (TPSA) is 36.0 Å². The molecule has 2 N–H and O–H groups in total. The summed E-state index contributed by atoms with van der Waals surface area (Å²) in [5.41, 5.74) is 0.913. The largest absolute Gasteiger partial charge is 0.495 e. The van der Waals surface area contributed by atoms with Crippen molar-refractivity contribution in [3.8, 4) is 5.88 Å². The first-order valence-corrected chi connectivity index (χ1v) is 4.92. The van der Waals surface area contributed by atoms with Crippen LogP contribution in [0.15, 0.2) is 27.1 Å². The van der Waals surface area contributed by atoms with Crippen molar-refractivity contribution in [3.05, 3.63) is 27.1 Å². The van der Waals surface area contributed by atoms with E-state index >= 15 is 0 Å². The van der Waals surface area contributed by atoms with Crippen molar-refractivity contribution in [2.45, 2.75) is 0 Å². The van der Waals surface area contributed by atoms with Gasteiger partial charge in [-0.2, -0.15) is 0 Å². The number of aromatic nitrogens is 1. The van der Waals surface area contributed by atoms with Crippen LogP contribution in [0, 0.1) is 0 Å². The minimum atomic E-state index is 0.184. The average Bonchev–Trinajstić information content (AvgIpc) is 2.29. The first-order valence-electron chi connectivity index (χ1n) is 3.33. The molecule has 1 aromatic carbocycles. The lowest BCUT2D eigenvalue weighted by atomic mass is 10.2. The van der Waals surface area contributed by atoms with Gasteiger partial charge in [0.15, 0.2) is 5.88 Å². The van der Waals surface area contributed by atoms with Gasteiger partial charge in [-0.05, 0) is 28.1 Å². The predicted octanol–water partition coefficient (Wildman–Crippen LogP) is 3.40. The summed E-state index contributed by atoms with van der Waals surface area (Å²) in [5, 5.41) is 10.2.